The van der Waals surface area contributed by atoms with Crippen LogP contribution in [0.4, 0.5) is 0 Å². The van der Waals surface area contributed by atoms with Gasteiger partial charge in [0, 0.05) is 17.5 Å². The highest BCUT2D eigenvalue weighted by Gasteiger charge is 2.20. The van der Waals surface area contributed by atoms with Crippen molar-refractivity contribution in [3.8, 4) is 5.75 Å². The van der Waals surface area contributed by atoms with Crippen LogP contribution in [0, 0.1) is 0 Å². The topological polar surface area (TPSA) is 61.2 Å². The van der Waals surface area contributed by atoms with Crippen LogP contribution >= 0.6 is 34.5 Å². The van der Waals surface area contributed by atoms with Gasteiger partial charge in [0.25, 0.3) is 5.56 Å². The lowest BCUT2D eigenvalue weighted by Crippen LogP contribution is -2.23. The molecule has 0 saturated carbocycles. The summed E-state index contributed by atoms with van der Waals surface area (Å²) in [5.74, 6) is -0.130. The number of carbonyl (C=O) groups excluding carboxylic acids is 1. The van der Waals surface area contributed by atoms with E-state index in [0.29, 0.717) is 15.8 Å². The molecule has 5 nitrogen and oxygen atoms in total. The Morgan fingerprint density at radius 1 is 1.22 bits per heavy atom. The highest BCUT2D eigenvalue weighted by atomic mass is 35.5. The first-order chi connectivity index (χ1) is 13.0. The van der Waals surface area contributed by atoms with Crippen LogP contribution in [0.1, 0.15) is 29.7 Å². The number of hydrogen-bond acceptors (Lipinski definition) is 5. The average molecular weight is 423 g/mol. The summed E-state index contributed by atoms with van der Waals surface area (Å²) in [7, 11) is 0. The number of thiophene rings is 1. The van der Waals surface area contributed by atoms with Crippen molar-refractivity contribution in [2.24, 2.45) is 0 Å². The number of aromatic nitrogens is 2. The minimum absolute atomic E-state index is 0.0552. The zero-order chi connectivity index (χ0) is 19.0. The van der Waals surface area contributed by atoms with Gasteiger partial charge in [-0.05, 0) is 43.4 Å². The molecular formula is C19H16Cl2N2O3S. The second-order valence-electron chi connectivity index (χ2n) is 6.43. The van der Waals surface area contributed by atoms with Crippen LogP contribution < -0.4 is 10.3 Å². The lowest BCUT2D eigenvalue weighted by Gasteiger charge is -2.10. The molecule has 2 heterocycles. The Bertz CT molecular complexity index is 1090. The van der Waals surface area contributed by atoms with Crippen molar-refractivity contribution in [3.05, 3.63) is 55.4 Å². The number of halogens is 2. The van der Waals surface area contributed by atoms with Crippen molar-refractivity contribution < 1.29 is 9.53 Å². The van der Waals surface area contributed by atoms with Gasteiger partial charge in [-0.2, -0.15) is 0 Å². The van der Waals surface area contributed by atoms with Crippen molar-refractivity contribution in [1.29, 1.82) is 0 Å². The molecule has 0 aliphatic heterocycles. The van der Waals surface area contributed by atoms with Crippen LogP contribution in [0.15, 0.2) is 29.3 Å². The second kappa shape index (κ2) is 7.62. The number of esters is 1. The third kappa shape index (κ3) is 3.74. The van der Waals surface area contributed by atoms with Gasteiger partial charge < -0.3 is 4.74 Å². The smallest absolute Gasteiger partial charge is 0.312 e. The highest BCUT2D eigenvalue weighted by Crippen LogP contribution is 2.33. The van der Waals surface area contributed by atoms with Gasteiger partial charge in [-0.1, -0.05) is 23.2 Å². The third-order valence-electron chi connectivity index (χ3n) is 4.62. The van der Waals surface area contributed by atoms with E-state index in [2.05, 4.69) is 4.98 Å². The second-order valence-corrected chi connectivity index (χ2v) is 8.33. The summed E-state index contributed by atoms with van der Waals surface area (Å²) in [4.78, 5) is 31.5. The maximum atomic E-state index is 12.9. The van der Waals surface area contributed by atoms with E-state index < -0.39 is 5.97 Å². The van der Waals surface area contributed by atoms with E-state index in [4.69, 9.17) is 27.9 Å². The minimum Gasteiger partial charge on any atom is -0.426 e. The van der Waals surface area contributed by atoms with Crippen LogP contribution in [0.3, 0.4) is 0 Å². The van der Waals surface area contributed by atoms with Gasteiger partial charge in [-0.3, -0.25) is 14.2 Å². The van der Waals surface area contributed by atoms with Crippen LogP contribution in [0.2, 0.25) is 10.0 Å². The first-order valence-corrected chi connectivity index (χ1v) is 10.3. The normalized spacial score (nSPS) is 13.6. The zero-order valence-electron chi connectivity index (χ0n) is 14.3. The Balaban J connectivity index is 1.50. The molecule has 27 heavy (non-hydrogen) atoms. The molecule has 0 unspecified atom stereocenters. The van der Waals surface area contributed by atoms with Gasteiger partial charge in [0.1, 0.15) is 10.6 Å². The van der Waals surface area contributed by atoms with E-state index in [0.717, 1.165) is 41.5 Å². The van der Waals surface area contributed by atoms with Crippen LogP contribution in [0.5, 0.6) is 5.75 Å². The number of ether oxygens (including phenoxy) is 1. The first kappa shape index (κ1) is 18.5. The fourth-order valence-electron chi connectivity index (χ4n) is 3.27. The summed E-state index contributed by atoms with van der Waals surface area (Å²) in [6.45, 7) is 0.215. The fourth-order valence-corrected chi connectivity index (χ4v) is 4.78. The largest absolute Gasteiger partial charge is 0.426 e. The van der Waals surface area contributed by atoms with Crippen molar-refractivity contribution >= 4 is 50.7 Å². The molecule has 8 heteroatoms. The molecule has 0 spiro atoms. The number of rotatable bonds is 4. The Kier molecular flexibility index (Phi) is 5.21. The summed E-state index contributed by atoms with van der Waals surface area (Å²) in [6.07, 6.45) is 5.78. The molecular weight excluding hydrogens is 407 g/mol. The molecule has 0 radical (unpaired) electrons. The quantitative estimate of drug-likeness (QED) is 0.453. The van der Waals surface area contributed by atoms with Gasteiger partial charge in [0.05, 0.1) is 28.2 Å². The Hall–Kier alpha value is -1.89. The zero-order valence-corrected chi connectivity index (χ0v) is 16.7. The van der Waals surface area contributed by atoms with Gasteiger partial charge in [-0.15, -0.1) is 11.3 Å². The van der Waals surface area contributed by atoms with Gasteiger partial charge in [0.15, 0.2) is 0 Å². The molecule has 4 rings (SSSR count). The summed E-state index contributed by atoms with van der Waals surface area (Å²) < 4.78 is 6.75. The fraction of sp³-hybridized carbons (Fsp3) is 0.316. The number of hydrogen-bond donors (Lipinski definition) is 0. The first-order valence-electron chi connectivity index (χ1n) is 8.68. The molecule has 1 aliphatic rings. The number of nitrogens with zero attached hydrogens (tertiary/aromatic N) is 2. The average Bonchev–Trinajstić information content (AvgIpc) is 3.03. The summed E-state index contributed by atoms with van der Waals surface area (Å²) >= 11 is 13.4. The van der Waals surface area contributed by atoms with Crippen LogP contribution in [-0.2, 0) is 24.2 Å². The SMILES string of the molecule is O=C(CCn1cnc2sc3c(c2c1=O)CCCC3)Oc1ccc(Cl)c(Cl)c1. The van der Waals surface area contributed by atoms with Crippen molar-refractivity contribution in [2.45, 2.75) is 38.6 Å². The van der Waals surface area contributed by atoms with Gasteiger partial charge >= 0.3 is 5.97 Å². The molecule has 140 valence electrons. The molecule has 0 saturated heterocycles. The molecule has 0 amide bonds. The molecule has 3 aromatic rings. The predicted octanol–water partition coefficient (Wildman–Crippen LogP) is 4.64. The maximum absolute atomic E-state index is 12.9. The molecule has 1 aliphatic carbocycles. The number of fused-ring (bicyclic) bond motifs is 3. The van der Waals surface area contributed by atoms with Crippen LogP contribution in [0.25, 0.3) is 10.2 Å². The van der Waals surface area contributed by atoms with E-state index in [1.54, 1.807) is 23.5 Å². The summed E-state index contributed by atoms with van der Waals surface area (Å²) in [5, 5.41) is 1.42. The number of aryl methyl sites for hydroxylation is 3. The maximum Gasteiger partial charge on any atom is 0.312 e. The summed E-state index contributed by atoms with van der Waals surface area (Å²) in [5.41, 5.74) is 1.06. The molecule has 0 bridgehead atoms. The lowest BCUT2D eigenvalue weighted by molar-refractivity contribution is -0.134. The number of benzene rings is 1. The Morgan fingerprint density at radius 2 is 2.04 bits per heavy atom. The van der Waals surface area contributed by atoms with E-state index in [1.165, 1.54) is 21.8 Å². The Labute approximate surface area is 169 Å². The van der Waals surface area contributed by atoms with E-state index in [9.17, 15) is 9.59 Å². The van der Waals surface area contributed by atoms with Crippen molar-refractivity contribution in [1.82, 2.24) is 9.55 Å². The van der Waals surface area contributed by atoms with Gasteiger partial charge in [0.2, 0.25) is 0 Å². The minimum atomic E-state index is -0.451. The van der Waals surface area contributed by atoms with E-state index in [1.807, 2.05) is 0 Å². The molecule has 1 aromatic carbocycles. The highest BCUT2D eigenvalue weighted by molar-refractivity contribution is 7.18. The standard InChI is InChI=1S/C19H16Cl2N2O3S/c20-13-6-5-11(9-14(13)21)26-16(24)7-8-23-10-22-18-17(19(23)25)12-3-1-2-4-15(12)27-18/h5-6,9-10H,1-4,7-8H2. The van der Waals surface area contributed by atoms with Crippen LogP contribution in [-0.4, -0.2) is 15.5 Å². The van der Waals surface area contributed by atoms with Gasteiger partial charge in [-0.25, -0.2) is 4.98 Å². The number of carbonyl (C=O) groups is 1. The molecule has 0 atom stereocenters. The Morgan fingerprint density at radius 3 is 2.85 bits per heavy atom. The molecule has 2 aromatic heterocycles. The van der Waals surface area contributed by atoms with Crippen molar-refractivity contribution in [2.75, 3.05) is 0 Å². The summed E-state index contributed by atoms with van der Waals surface area (Å²) in [6, 6.07) is 4.62. The molecule has 0 N–H and O–H groups in total. The molecule has 0 fully saturated rings. The predicted molar refractivity (Wildman–Crippen MR) is 107 cm³/mol. The van der Waals surface area contributed by atoms with Crippen molar-refractivity contribution in [3.63, 3.8) is 0 Å². The lowest BCUT2D eigenvalue weighted by atomic mass is 9.97. The van der Waals surface area contributed by atoms with E-state index in [-0.39, 0.29) is 18.5 Å². The third-order valence-corrected chi connectivity index (χ3v) is 6.56. The monoisotopic (exact) mass is 422 g/mol. The van der Waals surface area contributed by atoms with E-state index >= 15 is 0 Å².